The van der Waals surface area contributed by atoms with Crippen molar-refractivity contribution < 1.29 is 4.42 Å². The first-order valence-electron chi connectivity index (χ1n) is 19.6. The molecule has 0 amide bonds. The van der Waals surface area contributed by atoms with Crippen LogP contribution in [0.4, 0.5) is 0 Å². The molecule has 0 bridgehead atoms. The first-order chi connectivity index (χ1) is 29.2. The van der Waals surface area contributed by atoms with E-state index in [1.165, 1.54) is 0 Å². The van der Waals surface area contributed by atoms with Gasteiger partial charge in [-0.15, -0.1) is 0 Å². The van der Waals surface area contributed by atoms with Crippen LogP contribution in [0.15, 0.2) is 199 Å². The normalized spacial score (nSPS) is 11.7. The summed E-state index contributed by atoms with van der Waals surface area (Å²) in [6.45, 7) is 0. The van der Waals surface area contributed by atoms with Gasteiger partial charge in [0, 0.05) is 32.8 Å². The lowest BCUT2D eigenvalue weighted by Crippen LogP contribution is -2.07. The molecule has 59 heavy (non-hydrogen) atoms. The monoisotopic (exact) mass is 756 g/mol. The Morgan fingerprint density at radius 2 is 0.864 bits per heavy atom. The van der Waals surface area contributed by atoms with Crippen LogP contribution in [0.2, 0.25) is 0 Å². The molecule has 0 aliphatic rings. The molecule has 0 unspecified atom stereocenters. The number of fused-ring (bicyclic) bond motifs is 8. The number of oxazole rings is 1. The van der Waals surface area contributed by atoms with Crippen molar-refractivity contribution in [3.8, 4) is 57.0 Å². The van der Waals surface area contributed by atoms with E-state index >= 15 is 0 Å². The topological polar surface area (TPSA) is 74.6 Å². The third kappa shape index (κ3) is 5.36. The van der Waals surface area contributed by atoms with E-state index in [0.29, 0.717) is 29.1 Å². The lowest BCUT2D eigenvalue weighted by molar-refractivity contribution is 0.612. The Morgan fingerprint density at radius 3 is 1.49 bits per heavy atom. The van der Waals surface area contributed by atoms with Gasteiger partial charge in [0.05, 0.1) is 22.1 Å². The predicted molar refractivity (Wildman–Crippen MR) is 238 cm³/mol. The molecule has 12 aromatic rings. The Kier molecular flexibility index (Phi) is 7.40. The van der Waals surface area contributed by atoms with Crippen molar-refractivity contribution in [1.82, 2.24) is 29.1 Å². The summed E-state index contributed by atoms with van der Waals surface area (Å²) in [5.41, 5.74) is 12.0. The highest BCUT2D eigenvalue weighted by Gasteiger charge is 2.25. The Bertz CT molecular complexity index is 3460. The molecule has 8 aromatic carbocycles. The molecule has 7 nitrogen and oxygen atoms in total. The van der Waals surface area contributed by atoms with E-state index < -0.39 is 0 Å². The van der Waals surface area contributed by atoms with Gasteiger partial charge >= 0.3 is 0 Å². The fourth-order valence-electron chi connectivity index (χ4n) is 8.56. The number of benzene rings is 8. The fraction of sp³-hybridized carbons (Fsp3) is 0. The van der Waals surface area contributed by atoms with E-state index in [0.717, 1.165) is 82.6 Å². The van der Waals surface area contributed by atoms with Crippen LogP contribution < -0.4 is 0 Å². The van der Waals surface area contributed by atoms with Gasteiger partial charge in [-0.3, -0.25) is 4.57 Å². The van der Waals surface area contributed by atoms with E-state index in [1.54, 1.807) is 0 Å². The van der Waals surface area contributed by atoms with Gasteiger partial charge in [-0.25, -0.2) is 9.97 Å². The standard InChI is InChI=1S/C52H32N6O/c1-4-16-33(17-5-1)36-30-37(34-18-6-2-7-19-34)32-38(31-36)57-44-25-13-10-22-39(44)41-28-29-42-40-23-11-14-26-45(40)58(48(42)47(41)57)52-55-49(35-20-8-3-9-21-35)54-50(56-52)51-53-43-24-12-15-27-46(43)59-51/h1-32H. The molecule has 0 spiro atoms. The zero-order valence-electron chi connectivity index (χ0n) is 31.6. The van der Waals surface area contributed by atoms with E-state index in [9.17, 15) is 0 Å². The van der Waals surface area contributed by atoms with Gasteiger partial charge in [-0.05, 0) is 64.7 Å². The van der Waals surface area contributed by atoms with Crippen molar-refractivity contribution in [3.63, 3.8) is 0 Å². The maximum atomic E-state index is 6.30. The molecule has 0 aliphatic carbocycles. The minimum atomic E-state index is 0.332. The highest BCUT2D eigenvalue weighted by Crippen LogP contribution is 2.43. The summed E-state index contributed by atoms with van der Waals surface area (Å²) in [5, 5.41) is 4.46. The number of aromatic nitrogens is 6. The minimum Gasteiger partial charge on any atom is -0.434 e. The quantitative estimate of drug-likeness (QED) is 0.169. The van der Waals surface area contributed by atoms with Gasteiger partial charge in [-0.2, -0.15) is 9.97 Å². The van der Waals surface area contributed by atoms with Crippen molar-refractivity contribution in [3.05, 3.63) is 194 Å². The number of nitrogens with zero attached hydrogens (tertiary/aromatic N) is 6. The van der Waals surface area contributed by atoms with Gasteiger partial charge < -0.3 is 8.98 Å². The summed E-state index contributed by atoms with van der Waals surface area (Å²) in [4.78, 5) is 20.3. The summed E-state index contributed by atoms with van der Waals surface area (Å²) in [6, 6.07) is 67.5. The lowest BCUT2D eigenvalue weighted by atomic mass is 9.98. The summed E-state index contributed by atoms with van der Waals surface area (Å²) in [6.07, 6.45) is 0. The van der Waals surface area contributed by atoms with Crippen LogP contribution in [-0.4, -0.2) is 29.1 Å². The second kappa shape index (κ2) is 13.2. The molecule has 0 aliphatic heterocycles. The maximum Gasteiger partial charge on any atom is 0.266 e. The van der Waals surface area contributed by atoms with Gasteiger partial charge in [0.2, 0.25) is 11.8 Å². The molecule has 4 aromatic heterocycles. The van der Waals surface area contributed by atoms with Crippen LogP contribution in [0, 0.1) is 0 Å². The van der Waals surface area contributed by atoms with Gasteiger partial charge in [0.15, 0.2) is 11.4 Å². The molecular formula is C52H32N6O. The average Bonchev–Trinajstić information content (AvgIpc) is 4.00. The molecule has 0 radical (unpaired) electrons. The third-order valence-electron chi connectivity index (χ3n) is 11.2. The molecule has 0 saturated carbocycles. The lowest BCUT2D eigenvalue weighted by Gasteiger charge is -2.15. The van der Waals surface area contributed by atoms with Gasteiger partial charge in [0.1, 0.15) is 5.52 Å². The molecule has 0 atom stereocenters. The number of rotatable bonds is 6. The largest absolute Gasteiger partial charge is 0.434 e. The SMILES string of the molecule is c1ccc(-c2cc(-c3ccccc3)cc(-n3c4ccccc4c4ccc5c6ccccc6n(-c6nc(-c7ccccc7)nc(-c7nc8ccccc8o7)n6)c5c43)c2)cc1. The first kappa shape index (κ1) is 33.0. The number of hydrogen-bond donors (Lipinski definition) is 0. The molecule has 276 valence electrons. The summed E-state index contributed by atoms with van der Waals surface area (Å²) >= 11 is 0. The van der Waals surface area contributed by atoms with Crippen molar-refractivity contribution in [2.75, 3.05) is 0 Å². The first-order valence-corrected chi connectivity index (χ1v) is 19.6. The molecule has 4 heterocycles. The van der Waals surface area contributed by atoms with Crippen LogP contribution in [0.25, 0.3) is 112 Å². The number of para-hydroxylation sites is 4. The highest BCUT2D eigenvalue weighted by molar-refractivity contribution is 6.23. The van der Waals surface area contributed by atoms with Crippen LogP contribution >= 0.6 is 0 Å². The summed E-state index contributed by atoms with van der Waals surface area (Å²) < 4.78 is 10.9. The Balaban J connectivity index is 1.22. The van der Waals surface area contributed by atoms with Gasteiger partial charge in [0.25, 0.3) is 5.89 Å². The number of hydrogen-bond acceptors (Lipinski definition) is 5. The molecule has 0 fully saturated rings. The Labute approximate surface area is 338 Å². The van der Waals surface area contributed by atoms with Crippen molar-refractivity contribution in [1.29, 1.82) is 0 Å². The highest BCUT2D eigenvalue weighted by atomic mass is 16.3. The van der Waals surface area contributed by atoms with E-state index in [-0.39, 0.29) is 0 Å². The molecule has 0 N–H and O–H groups in total. The molecule has 0 saturated heterocycles. The Morgan fingerprint density at radius 1 is 0.356 bits per heavy atom. The van der Waals surface area contributed by atoms with Crippen molar-refractivity contribution in [2.24, 2.45) is 0 Å². The molecular weight excluding hydrogens is 725 g/mol. The van der Waals surface area contributed by atoms with Crippen LogP contribution in [0.5, 0.6) is 0 Å². The van der Waals surface area contributed by atoms with Crippen LogP contribution in [0.3, 0.4) is 0 Å². The van der Waals surface area contributed by atoms with Crippen molar-refractivity contribution in [2.45, 2.75) is 0 Å². The average molecular weight is 757 g/mol. The smallest absolute Gasteiger partial charge is 0.266 e. The fourth-order valence-corrected chi connectivity index (χ4v) is 8.56. The zero-order valence-corrected chi connectivity index (χ0v) is 31.6. The predicted octanol–water partition coefficient (Wildman–Crippen LogP) is 12.9. The maximum absolute atomic E-state index is 6.30. The second-order valence-corrected chi connectivity index (χ2v) is 14.7. The van der Waals surface area contributed by atoms with Crippen LogP contribution in [-0.2, 0) is 0 Å². The van der Waals surface area contributed by atoms with Crippen LogP contribution in [0.1, 0.15) is 0 Å². The van der Waals surface area contributed by atoms with Gasteiger partial charge in [-0.1, -0.05) is 152 Å². The summed E-state index contributed by atoms with van der Waals surface area (Å²) in [5.74, 6) is 1.68. The molecule has 12 rings (SSSR count). The van der Waals surface area contributed by atoms with E-state index in [1.807, 2.05) is 54.6 Å². The van der Waals surface area contributed by atoms with Crippen molar-refractivity contribution >= 4 is 54.7 Å². The zero-order chi connectivity index (χ0) is 38.9. The second-order valence-electron chi connectivity index (χ2n) is 14.7. The van der Waals surface area contributed by atoms with E-state index in [2.05, 4.69) is 149 Å². The molecule has 7 heteroatoms. The third-order valence-corrected chi connectivity index (χ3v) is 11.2. The van der Waals surface area contributed by atoms with E-state index in [4.69, 9.17) is 24.4 Å². The Hall–Kier alpha value is -8.16. The summed E-state index contributed by atoms with van der Waals surface area (Å²) in [7, 11) is 0. The minimum absolute atomic E-state index is 0.332.